The summed E-state index contributed by atoms with van der Waals surface area (Å²) in [5.41, 5.74) is -0.317. The van der Waals surface area contributed by atoms with Crippen LogP contribution >= 0.6 is 0 Å². The van der Waals surface area contributed by atoms with E-state index in [1.807, 2.05) is 6.92 Å². The molecule has 0 aromatic heterocycles. The van der Waals surface area contributed by atoms with Crippen molar-refractivity contribution in [1.29, 1.82) is 0 Å². The molecule has 6 heteroatoms. The smallest absolute Gasteiger partial charge is 0.326 e. The van der Waals surface area contributed by atoms with Crippen LogP contribution in [-0.4, -0.2) is 41.9 Å². The molecule has 0 bridgehead atoms. The number of carboxylic acids is 1. The molecule has 104 valence electrons. The van der Waals surface area contributed by atoms with Gasteiger partial charge in [0.1, 0.15) is 6.04 Å². The fourth-order valence-corrected chi connectivity index (χ4v) is 1.91. The van der Waals surface area contributed by atoms with Crippen LogP contribution in [0.4, 0.5) is 4.79 Å². The predicted octanol–water partition coefficient (Wildman–Crippen LogP) is 0.964. The summed E-state index contributed by atoms with van der Waals surface area (Å²) in [6.45, 7) is 6.69. The van der Waals surface area contributed by atoms with Gasteiger partial charge < -0.3 is 20.5 Å². The zero-order valence-electron chi connectivity index (χ0n) is 11.2. The van der Waals surface area contributed by atoms with Gasteiger partial charge in [-0.3, -0.25) is 0 Å². The average Bonchev–Trinajstić information content (AvgIpc) is 2.25. The number of nitrogens with one attached hydrogen (secondary N) is 2. The van der Waals surface area contributed by atoms with Crippen LogP contribution < -0.4 is 10.6 Å². The highest BCUT2D eigenvalue weighted by Gasteiger charge is 2.31. The standard InChI is InChI=1S/C12H22N2O4/c1-8(2)9(10(15)16)13-11(17)14-12(3)4-6-18-7-5-12/h8-9H,4-7H2,1-3H3,(H,15,16)(H2,13,14,17). The lowest BCUT2D eigenvalue weighted by molar-refractivity contribution is -0.140. The first-order valence-corrected chi connectivity index (χ1v) is 6.23. The maximum absolute atomic E-state index is 11.8. The van der Waals surface area contributed by atoms with Gasteiger partial charge in [0, 0.05) is 18.8 Å². The third-order valence-electron chi connectivity index (χ3n) is 3.23. The van der Waals surface area contributed by atoms with Crippen molar-refractivity contribution in [2.24, 2.45) is 5.92 Å². The van der Waals surface area contributed by atoms with Crippen molar-refractivity contribution in [1.82, 2.24) is 10.6 Å². The highest BCUT2D eigenvalue weighted by atomic mass is 16.5. The number of urea groups is 1. The van der Waals surface area contributed by atoms with E-state index in [-0.39, 0.29) is 11.5 Å². The van der Waals surface area contributed by atoms with Crippen molar-refractivity contribution in [3.8, 4) is 0 Å². The van der Waals surface area contributed by atoms with Crippen LogP contribution in [0.5, 0.6) is 0 Å². The van der Waals surface area contributed by atoms with Gasteiger partial charge in [0.05, 0.1) is 0 Å². The Labute approximate surface area is 107 Å². The molecule has 2 amide bonds. The summed E-state index contributed by atoms with van der Waals surface area (Å²) < 4.78 is 5.24. The highest BCUT2D eigenvalue weighted by Crippen LogP contribution is 2.19. The Morgan fingerprint density at radius 1 is 1.28 bits per heavy atom. The van der Waals surface area contributed by atoms with Crippen LogP contribution in [0.3, 0.4) is 0 Å². The van der Waals surface area contributed by atoms with E-state index >= 15 is 0 Å². The number of carbonyl (C=O) groups excluding carboxylic acids is 1. The summed E-state index contributed by atoms with van der Waals surface area (Å²) in [4.78, 5) is 22.8. The van der Waals surface area contributed by atoms with Crippen molar-refractivity contribution >= 4 is 12.0 Å². The average molecular weight is 258 g/mol. The molecule has 3 N–H and O–H groups in total. The molecule has 1 atom stereocenters. The van der Waals surface area contributed by atoms with Gasteiger partial charge in [0.2, 0.25) is 0 Å². The van der Waals surface area contributed by atoms with E-state index < -0.39 is 18.0 Å². The molecule has 0 radical (unpaired) electrons. The minimum atomic E-state index is -1.02. The van der Waals surface area contributed by atoms with E-state index in [0.717, 1.165) is 12.8 Å². The molecular weight excluding hydrogens is 236 g/mol. The van der Waals surface area contributed by atoms with Crippen LogP contribution in [-0.2, 0) is 9.53 Å². The zero-order chi connectivity index (χ0) is 13.8. The fourth-order valence-electron chi connectivity index (χ4n) is 1.91. The topological polar surface area (TPSA) is 87.7 Å². The summed E-state index contributed by atoms with van der Waals surface area (Å²) >= 11 is 0. The second-order valence-electron chi connectivity index (χ2n) is 5.33. The molecule has 6 nitrogen and oxygen atoms in total. The summed E-state index contributed by atoms with van der Waals surface area (Å²) in [5, 5.41) is 14.3. The molecule has 1 aliphatic rings. The monoisotopic (exact) mass is 258 g/mol. The van der Waals surface area contributed by atoms with Gasteiger partial charge in [0.25, 0.3) is 0 Å². The summed E-state index contributed by atoms with van der Waals surface area (Å²) in [7, 11) is 0. The van der Waals surface area contributed by atoms with Gasteiger partial charge in [-0.05, 0) is 25.7 Å². The molecule has 1 heterocycles. The van der Waals surface area contributed by atoms with Crippen LogP contribution in [0.1, 0.15) is 33.6 Å². The van der Waals surface area contributed by atoms with Crippen molar-refractivity contribution in [2.75, 3.05) is 13.2 Å². The third kappa shape index (κ3) is 4.18. The molecule has 1 unspecified atom stereocenters. The molecule has 0 aliphatic carbocycles. The van der Waals surface area contributed by atoms with E-state index in [0.29, 0.717) is 13.2 Å². The quantitative estimate of drug-likeness (QED) is 0.701. The van der Waals surface area contributed by atoms with E-state index in [1.165, 1.54) is 0 Å². The Bertz CT molecular complexity index is 311. The fraction of sp³-hybridized carbons (Fsp3) is 0.833. The van der Waals surface area contributed by atoms with Gasteiger partial charge in [0.15, 0.2) is 0 Å². The Balaban J connectivity index is 2.52. The predicted molar refractivity (Wildman–Crippen MR) is 66.4 cm³/mol. The van der Waals surface area contributed by atoms with Crippen LogP contribution in [0.25, 0.3) is 0 Å². The number of rotatable bonds is 4. The Morgan fingerprint density at radius 3 is 2.28 bits per heavy atom. The maximum Gasteiger partial charge on any atom is 0.326 e. The van der Waals surface area contributed by atoms with E-state index in [9.17, 15) is 9.59 Å². The minimum absolute atomic E-state index is 0.157. The molecule has 1 rings (SSSR count). The van der Waals surface area contributed by atoms with E-state index in [1.54, 1.807) is 13.8 Å². The molecular formula is C12H22N2O4. The van der Waals surface area contributed by atoms with Crippen molar-refractivity contribution in [3.05, 3.63) is 0 Å². The molecule has 1 saturated heterocycles. The van der Waals surface area contributed by atoms with E-state index in [4.69, 9.17) is 9.84 Å². The van der Waals surface area contributed by atoms with Gasteiger partial charge in [-0.25, -0.2) is 9.59 Å². The van der Waals surface area contributed by atoms with Gasteiger partial charge in [-0.2, -0.15) is 0 Å². The normalized spacial score (nSPS) is 20.2. The van der Waals surface area contributed by atoms with Gasteiger partial charge in [-0.1, -0.05) is 13.8 Å². The zero-order valence-corrected chi connectivity index (χ0v) is 11.2. The summed E-state index contributed by atoms with van der Waals surface area (Å²) in [6, 6.07) is -1.30. The second kappa shape index (κ2) is 6.04. The second-order valence-corrected chi connectivity index (χ2v) is 5.33. The number of aliphatic carboxylic acids is 1. The van der Waals surface area contributed by atoms with Crippen LogP contribution in [0, 0.1) is 5.92 Å². The first-order chi connectivity index (χ1) is 8.34. The molecule has 0 aromatic carbocycles. The largest absolute Gasteiger partial charge is 0.480 e. The van der Waals surface area contributed by atoms with Crippen molar-refractivity contribution in [3.63, 3.8) is 0 Å². The number of hydrogen-bond acceptors (Lipinski definition) is 3. The van der Waals surface area contributed by atoms with E-state index in [2.05, 4.69) is 10.6 Å². The lowest BCUT2D eigenvalue weighted by Gasteiger charge is -2.35. The minimum Gasteiger partial charge on any atom is -0.480 e. The number of carboxylic acid groups (broad SMARTS) is 1. The lowest BCUT2D eigenvalue weighted by Crippen LogP contribution is -2.56. The third-order valence-corrected chi connectivity index (χ3v) is 3.23. The highest BCUT2D eigenvalue weighted by molar-refractivity contribution is 5.83. The molecule has 0 saturated carbocycles. The van der Waals surface area contributed by atoms with Crippen molar-refractivity contribution in [2.45, 2.75) is 45.2 Å². The Hall–Kier alpha value is -1.30. The van der Waals surface area contributed by atoms with Gasteiger partial charge >= 0.3 is 12.0 Å². The number of amides is 2. The van der Waals surface area contributed by atoms with Crippen LogP contribution in [0.15, 0.2) is 0 Å². The van der Waals surface area contributed by atoms with Gasteiger partial charge in [-0.15, -0.1) is 0 Å². The number of ether oxygens (including phenoxy) is 1. The Morgan fingerprint density at radius 2 is 1.83 bits per heavy atom. The molecule has 1 aliphatic heterocycles. The number of carbonyl (C=O) groups is 2. The number of hydrogen-bond donors (Lipinski definition) is 3. The molecule has 0 aromatic rings. The maximum atomic E-state index is 11.8. The molecule has 1 fully saturated rings. The molecule has 18 heavy (non-hydrogen) atoms. The molecule has 0 spiro atoms. The first kappa shape index (κ1) is 14.8. The summed E-state index contributed by atoms with van der Waals surface area (Å²) in [6.07, 6.45) is 1.47. The Kier molecular flexibility index (Phi) is 4.95. The van der Waals surface area contributed by atoms with Crippen molar-refractivity contribution < 1.29 is 19.4 Å². The first-order valence-electron chi connectivity index (χ1n) is 6.23. The lowest BCUT2D eigenvalue weighted by atomic mass is 9.93. The summed E-state index contributed by atoms with van der Waals surface area (Å²) in [5.74, 6) is -1.17. The van der Waals surface area contributed by atoms with Crippen LogP contribution in [0.2, 0.25) is 0 Å². The SMILES string of the molecule is CC(C)C(NC(=O)NC1(C)CCOCC1)C(=O)O.